The average Bonchev–Trinajstić information content (AvgIpc) is 3.28. The molecule has 0 unspecified atom stereocenters. The number of hydrogen-bond donors (Lipinski definition) is 0. The van der Waals surface area contributed by atoms with Gasteiger partial charge in [0.15, 0.2) is 0 Å². The standard InChI is InChI=1S/C19H20F3N3OS/c1-12-18(26)25-8-2-3-16(25)10-24(12)9-15-11-27-17(23-15)13-4-6-14(7-5-13)19(20,21)22/h4-7,11-12,16H,2-3,8-10H2,1H3/t12-,16-/m1/s1. The summed E-state index contributed by atoms with van der Waals surface area (Å²) in [6.45, 7) is 4.21. The second-order valence-electron chi connectivity index (χ2n) is 7.15. The fourth-order valence-electron chi connectivity index (χ4n) is 3.86. The second kappa shape index (κ2) is 6.91. The van der Waals surface area contributed by atoms with Gasteiger partial charge in [0, 0.05) is 36.6 Å². The summed E-state index contributed by atoms with van der Waals surface area (Å²) in [5, 5.41) is 2.61. The molecule has 0 bridgehead atoms. The maximum Gasteiger partial charge on any atom is 0.416 e. The van der Waals surface area contributed by atoms with E-state index in [1.54, 1.807) is 0 Å². The van der Waals surface area contributed by atoms with Gasteiger partial charge < -0.3 is 4.90 Å². The van der Waals surface area contributed by atoms with E-state index >= 15 is 0 Å². The molecule has 8 heteroatoms. The molecule has 2 aliphatic rings. The second-order valence-corrected chi connectivity index (χ2v) is 8.01. The normalized spacial score (nSPS) is 23.7. The highest BCUT2D eigenvalue weighted by Gasteiger charge is 2.40. The Bertz CT molecular complexity index is 833. The summed E-state index contributed by atoms with van der Waals surface area (Å²) in [6, 6.07) is 5.19. The topological polar surface area (TPSA) is 36.4 Å². The Balaban J connectivity index is 1.47. The monoisotopic (exact) mass is 395 g/mol. The Hall–Kier alpha value is -1.93. The molecule has 0 saturated carbocycles. The summed E-state index contributed by atoms with van der Waals surface area (Å²) >= 11 is 1.41. The number of aromatic nitrogens is 1. The van der Waals surface area contributed by atoms with Gasteiger partial charge in [-0.25, -0.2) is 4.98 Å². The van der Waals surface area contributed by atoms with Crippen molar-refractivity contribution in [1.29, 1.82) is 0 Å². The minimum Gasteiger partial charge on any atom is -0.337 e. The van der Waals surface area contributed by atoms with Gasteiger partial charge in [0.05, 0.1) is 17.3 Å². The molecular weight excluding hydrogens is 375 g/mol. The number of alkyl halides is 3. The lowest BCUT2D eigenvalue weighted by Gasteiger charge is -2.41. The van der Waals surface area contributed by atoms with Crippen molar-refractivity contribution in [2.24, 2.45) is 0 Å². The van der Waals surface area contributed by atoms with Crippen LogP contribution < -0.4 is 0 Å². The molecule has 27 heavy (non-hydrogen) atoms. The van der Waals surface area contributed by atoms with Crippen molar-refractivity contribution in [3.63, 3.8) is 0 Å². The van der Waals surface area contributed by atoms with Gasteiger partial charge in [-0.2, -0.15) is 13.2 Å². The Morgan fingerprint density at radius 2 is 2.00 bits per heavy atom. The van der Waals surface area contributed by atoms with E-state index in [1.807, 2.05) is 17.2 Å². The Morgan fingerprint density at radius 3 is 2.70 bits per heavy atom. The lowest BCUT2D eigenvalue weighted by Crippen LogP contribution is -2.58. The van der Waals surface area contributed by atoms with Crippen molar-refractivity contribution in [3.05, 3.63) is 40.9 Å². The summed E-state index contributed by atoms with van der Waals surface area (Å²) in [6.07, 6.45) is -2.23. The Morgan fingerprint density at radius 1 is 1.26 bits per heavy atom. The van der Waals surface area contributed by atoms with Crippen LogP contribution >= 0.6 is 11.3 Å². The SMILES string of the molecule is C[C@@H]1C(=O)N2CCC[C@@H]2CN1Cc1csc(-c2ccc(C(F)(F)F)cc2)n1. The number of fused-ring (bicyclic) bond motifs is 1. The van der Waals surface area contributed by atoms with Crippen LogP contribution in [0.15, 0.2) is 29.6 Å². The lowest BCUT2D eigenvalue weighted by atomic mass is 10.1. The van der Waals surface area contributed by atoms with Crippen LogP contribution in [0.4, 0.5) is 13.2 Å². The molecule has 0 aliphatic carbocycles. The molecule has 4 rings (SSSR count). The zero-order chi connectivity index (χ0) is 19.2. The third-order valence-corrected chi connectivity index (χ3v) is 6.33. The first-order valence-electron chi connectivity index (χ1n) is 8.99. The number of nitrogens with zero attached hydrogens (tertiary/aromatic N) is 3. The number of hydrogen-bond acceptors (Lipinski definition) is 4. The molecule has 2 atom stereocenters. The minimum absolute atomic E-state index is 0.171. The molecule has 1 aromatic carbocycles. The predicted octanol–water partition coefficient (Wildman–Crippen LogP) is 4.02. The molecule has 2 fully saturated rings. The van der Waals surface area contributed by atoms with Gasteiger partial charge in [-0.05, 0) is 31.9 Å². The number of amides is 1. The summed E-state index contributed by atoms with van der Waals surface area (Å²) in [5.74, 6) is 0.182. The molecule has 0 spiro atoms. The molecule has 1 aromatic heterocycles. The van der Waals surface area contributed by atoms with Crippen molar-refractivity contribution in [3.8, 4) is 10.6 Å². The average molecular weight is 395 g/mol. The maximum absolute atomic E-state index is 12.7. The van der Waals surface area contributed by atoms with E-state index < -0.39 is 11.7 Å². The van der Waals surface area contributed by atoms with Gasteiger partial charge in [-0.1, -0.05) is 12.1 Å². The number of thiazole rings is 1. The van der Waals surface area contributed by atoms with E-state index in [-0.39, 0.29) is 11.9 Å². The van der Waals surface area contributed by atoms with Crippen LogP contribution in [-0.4, -0.2) is 45.9 Å². The van der Waals surface area contributed by atoms with Crippen LogP contribution in [0.1, 0.15) is 31.0 Å². The Kier molecular flexibility index (Phi) is 4.71. The lowest BCUT2D eigenvalue weighted by molar-refractivity contribution is -0.143. The molecule has 3 heterocycles. The fraction of sp³-hybridized carbons (Fsp3) is 0.474. The largest absolute Gasteiger partial charge is 0.416 e. The maximum atomic E-state index is 12.7. The number of carbonyl (C=O) groups excluding carboxylic acids is 1. The molecule has 2 saturated heterocycles. The van der Waals surface area contributed by atoms with Crippen LogP contribution in [0.3, 0.4) is 0 Å². The highest BCUT2D eigenvalue weighted by atomic mass is 32.1. The van der Waals surface area contributed by atoms with E-state index in [1.165, 1.54) is 23.5 Å². The summed E-state index contributed by atoms with van der Waals surface area (Å²) < 4.78 is 38.1. The van der Waals surface area contributed by atoms with Crippen LogP contribution in [0.25, 0.3) is 10.6 Å². The number of rotatable bonds is 3. The van der Waals surface area contributed by atoms with E-state index in [0.29, 0.717) is 23.2 Å². The van der Waals surface area contributed by atoms with E-state index in [2.05, 4.69) is 9.88 Å². The molecular formula is C19H20F3N3OS. The number of halogens is 3. The summed E-state index contributed by atoms with van der Waals surface area (Å²) in [4.78, 5) is 21.3. The number of carbonyl (C=O) groups is 1. The first-order chi connectivity index (χ1) is 12.8. The molecule has 0 N–H and O–H groups in total. The molecule has 1 amide bonds. The van der Waals surface area contributed by atoms with Crippen molar-refractivity contribution >= 4 is 17.2 Å². The van der Waals surface area contributed by atoms with Crippen molar-refractivity contribution in [2.75, 3.05) is 13.1 Å². The minimum atomic E-state index is -4.34. The number of benzene rings is 1. The molecule has 2 aromatic rings. The highest BCUT2D eigenvalue weighted by Crippen LogP contribution is 2.32. The Labute approximate surface area is 159 Å². The van der Waals surface area contributed by atoms with Crippen molar-refractivity contribution < 1.29 is 18.0 Å². The quantitative estimate of drug-likeness (QED) is 0.788. The van der Waals surface area contributed by atoms with Gasteiger partial charge in [-0.3, -0.25) is 9.69 Å². The highest BCUT2D eigenvalue weighted by molar-refractivity contribution is 7.13. The third kappa shape index (κ3) is 3.60. The summed E-state index contributed by atoms with van der Waals surface area (Å²) in [7, 11) is 0. The van der Waals surface area contributed by atoms with Crippen LogP contribution in [0.5, 0.6) is 0 Å². The van der Waals surface area contributed by atoms with Crippen LogP contribution in [0, 0.1) is 0 Å². The smallest absolute Gasteiger partial charge is 0.337 e. The van der Waals surface area contributed by atoms with Gasteiger partial charge >= 0.3 is 6.18 Å². The molecule has 4 nitrogen and oxygen atoms in total. The third-order valence-electron chi connectivity index (χ3n) is 5.39. The zero-order valence-electron chi connectivity index (χ0n) is 14.9. The zero-order valence-corrected chi connectivity index (χ0v) is 15.7. The van der Waals surface area contributed by atoms with Crippen molar-refractivity contribution in [1.82, 2.24) is 14.8 Å². The van der Waals surface area contributed by atoms with Crippen LogP contribution in [0.2, 0.25) is 0 Å². The van der Waals surface area contributed by atoms with E-state index in [9.17, 15) is 18.0 Å². The van der Waals surface area contributed by atoms with Gasteiger partial charge in [0.25, 0.3) is 0 Å². The van der Waals surface area contributed by atoms with Gasteiger partial charge in [0.1, 0.15) is 5.01 Å². The number of piperazine rings is 1. The summed E-state index contributed by atoms with van der Waals surface area (Å²) in [5.41, 5.74) is 0.856. The van der Waals surface area contributed by atoms with Gasteiger partial charge in [0.2, 0.25) is 5.91 Å². The van der Waals surface area contributed by atoms with E-state index in [0.717, 1.165) is 43.8 Å². The molecule has 0 radical (unpaired) electrons. The fourth-order valence-corrected chi connectivity index (χ4v) is 4.68. The first kappa shape index (κ1) is 18.4. The van der Waals surface area contributed by atoms with Crippen molar-refractivity contribution in [2.45, 2.75) is 44.6 Å². The molecule has 144 valence electrons. The van der Waals surface area contributed by atoms with Gasteiger partial charge in [-0.15, -0.1) is 11.3 Å². The van der Waals surface area contributed by atoms with Crippen LogP contribution in [-0.2, 0) is 17.5 Å². The molecule has 2 aliphatic heterocycles. The first-order valence-corrected chi connectivity index (χ1v) is 9.87. The predicted molar refractivity (Wildman–Crippen MR) is 97.2 cm³/mol. The van der Waals surface area contributed by atoms with E-state index in [4.69, 9.17) is 0 Å².